The number of halogens is 1. The maximum atomic E-state index is 13.9. The third kappa shape index (κ3) is 3.75. The quantitative estimate of drug-likeness (QED) is 0.414. The van der Waals surface area contributed by atoms with Crippen molar-refractivity contribution in [3.05, 3.63) is 99.7 Å². The summed E-state index contributed by atoms with van der Waals surface area (Å²) in [5, 5.41) is 0. The summed E-state index contributed by atoms with van der Waals surface area (Å²) in [6.07, 6.45) is 5.50. The normalized spacial score (nSPS) is 12.4. The summed E-state index contributed by atoms with van der Waals surface area (Å²) in [7, 11) is 0. The molecule has 0 amide bonds. The molecule has 0 saturated heterocycles. The van der Waals surface area contributed by atoms with Crippen LogP contribution in [0.2, 0.25) is 0 Å². The molecule has 0 aliphatic carbocycles. The largest absolute Gasteiger partial charge is 0.338 e. The van der Waals surface area contributed by atoms with Crippen LogP contribution in [-0.4, -0.2) is 24.1 Å². The zero-order valence-electron chi connectivity index (χ0n) is 18.9. The van der Waals surface area contributed by atoms with Crippen LogP contribution in [0.5, 0.6) is 0 Å². The zero-order valence-corrected chi connectivity index (χ0v) is 18.9. The van der Waals surface area contributed by atoms with E-state index in [0.717, 1.165) is 33.6 Å². The van der Waals surface area contributed by atoms with Crippen LogP contribution in [0.3, 0.4) is 0 Å². The third-order valence-corrected chi connectivity index (χ3v) is 5.99. The summed E-state index contributed by atoms with van der Waals surface area (Å²) < 4.78 is 17.5. The highest BCUT2D eigenvalue weighted by Gasteiger charge is 2.16. The van der Waals surface area contributed by atoms with Gasteiger partial charge in [0.25, 0.3) is 5.56 Å². The molecule has 0 bridgehead atoms. The molecule has 5 aromatic rings. The van der Waals surface area contributed by atoms with E-state index in [9.17, 15) is 9.18 Å². The van der Waals surface area contributed by atoms with Crippen LogP contribution in [0, 0.1) is 26.6 Å². The van der Waals surface area contributed by atoms with Crippen molar-refractivity contribution < 1.29 is 4.39 Å². The average Bonchev–Trinajstić information content (AvgIpc) is 3.40. The van der Waals surface area contributed by atoms with Gasteiger partial charge in [-0.1, -0.05) is 6.07 Å². The molecular formula is C26H24FN5O. The van der Waals surface area contributed by atoms with Crippen LogP contribution < -0.4 is 5.56 Å². The van der Waals surface area contributed by atoms with Crippen LogP contribution in [-0.2, 0) is 0 Å². The molecule has 1 atom stereocenters. The van der Waals surface area contributed by atoms with Gasteiger partial charge < -0.3 is 14.1 Å². The summed E-state index contributed by atoms with van der Waals surface area (Å²) in [6, 6.07) is 12.4. The highest BCUT2D eigenvalue weighted by atomic mass is 19.1. The van der Waals surface area contributed by atoms with Gasteiger partial charge in [0.05, 0.1) is 23.6 Å². The van der Waals surface area contributed by atoms with Gasteiger partial charge in [0.1, 0.15) is 11.6 Å². The second-order valence-corrected chi connectivity index (χ2v) is 8.54. The molecule has 0 radical (unpaired) electrons. The van der Waals surface area contributed by atoms with E-state index in [0.29, 0.717) is 16.9 Å². The van der Waals surface area contributed by atoms with Crippen LogP contribution >= 0.6 is 0 Å². The number of benzene rings is 2. The van der Waals surface area contributed by atoms with Gasteiger partial charge in [-0.3, -0.25) is 4.79 Å². The summed E-state index contributed by atoms with van der Waals surface area (Å²) in [5.74, 6) is 0.322. The number of aromatic nitrogens is 5. The Balaban J connectivity index is 1.53. The Morgan fingerprint density at radius 1 is 1.06 bits per heavy atom. The third-order valence-electron chi connectivity index (χ3n) is 5.99. The first-order valence-electron chi connectivity index (χ1n) is 10.8. The lowest BCUT2D eigenvalue weighted by molar-refractivity contribution is 0.594. The molecule has 166 valence electrons. The molecule has 0 aliphatic heterocycles. The van der Waals surface area contributed by atoms with Crippen molar-refractivity contribution >= 4 is 11.0 Å². The van der Waals surface area contributed by atoms with Gasteiger partial charge in [-0.05, 0) is 80.8 Å². The second kappa shape index (κ2) is 7.85. The van der Waals surface area contributed by atoms with Gasteiger partial charge in [0, 0.05) is 23.6 Å². The summed E-state index contributed by atoms with van der Waals surface area (Å²) >= 11 is 0. The SMILES string of the molecule is Cc1cc(F)cc(C(C)n2ccc3[nH]c(-c4ccc(-n5cnc(C)c5)c(C)c4)nc3c2=O)c1. The maximum Gasteiger partial charge on any atom is 0.279 e. The first kappa shape index (κ1) is 20.9. The minimum atomic E-state index is -0.323. The number of fused-ring (bicyclic) bond motifs is 1. The average molecular weight is 442 g/mol. The lowest BCUT2D eigenvalue weighted by Crippen LogP contribution is -2.23. The highest BCUT2D eigenvalue weighted by Crippen LogP contribution is 2.25. The first-order valence-corrected chi connectivity index (χ1v) is 10.8. The highest BCUT2D eigenvalue weighted by molar-refractivity contribution is 5.78. The minimum absolute atomic E-state index is 0.216. The molecule has 5 rings (SSSR count). The summed E-state index contributed by atoms with van der Waals surface area (Å²) in [4.78, 5) is 25.4. The Bertz CT molecular complexity index is 1540. The topological polar surface area (TPSA) is 68.5 Å². The minimum Gasteiger partial charge on any atom is -0.338 e. The number of aromatic amines is 1. The Morgan fingerprint density at radius 2 is 1.88 bits per heavy atom. The van der Waals surface area contributed by atoms with Gasteiger partial charge in [0.15, 0.2) is 5.52 Å². The van der Waals surface area contributed by atoms with E-state index in [1.54, 1.807) is 17.1 Å². The monoisotopic (exact) mass is 441 g/mol. The number of aryl methyl sites for hydroxylation is 3. The van der Waals surface area contributed by atoms with E-state index in [4.69, 9.17) is 0 Å². The van der Waals surface area contributed by atoms with E-state index in [1.165, 1.54) is 12.1 Å². The Kier molecular flexibility index (Phi) is 4.96. The van der Waals surface area contributed by atoms with Gasteiger partial charge in [-0.2, -0.15) is 0 Å². The predicted molar refractivity (Wildman–Crippen MR) is 127 cm³/mol. The Morgan fingerprint density at radius 3 is 2.58 bits per heavy atom. The van der Waals surface area contributed by atoms with Crippen molar-refractivity contribution in [1.82, 2.24) is 24.1 Å². The van der Waals surface area contributed by atoms with Gasteiger partial charge in [-0.15, -0.1) is 0 Å². The molecule has 0 spiro atoms. The van der Waals surface area contributed by atoms with Crippen molar-refractivity contribution in [2.24, 2.45) is 0 Å². The Labute approximate surface area is 190 Å². The summed E-state index contributed by atoms with van der Waals surface area (Å²) in [6.45, 7) is 7.71. The van der Waals surface area contributed by atoms with Crippen molar-refractivity contribution in [2.45, 2.75) is 33.7 Å². The number of pyridine rings is 1. The molecule has 0 aliphatic rings. The van der Waals surface area contributed by atoms with Crippen LogP contribution in [0.4, 0.5) is 4.39 Å². The van der Waals surface area contributed by atoms with E-state index >= 15 is 0 Å². The molecule has 3 aromatic heterocycles. The lowest BCUT2D eigenvalue weighted by Gasteiger charge is -2.16. The fourth-order valence-corrected chi connectivity index (χ4v) is 4.27. The molecule has 0 saturated carbocycles. The second-order valence-electron chi connectivity index (χ2n) is 8.54. The first-order chi connectivity index (χ1) is 15.8. The maximum absolute atomic E-state index is 13.9. The number of imidazole rings is 2. The lowest BCUT2D eigenvalue weighted by atomic mass is 10.1. The molecular weight excluding hydrogens is 417 g/mol. The summed E-state index contributed by atoms with van der Waals surface area (Å²) in [5.41, 5.74) is 6.32. The Hall–Kier alpha value is -4.00. The van der Waals surface area contributed by atoms with Crippen molar-refractivity contribution in [3.8, 4) is 17.1 Å². The number of rotatable bonds is 4. The predicted octanol–water partition coefficient (Wildman–Crippen LogP) is 5.25. The molecule has 6 nitrogen and oxygen atoms in total. The fourth-order valence-electron chi connectivity index (χ4n) is 4.27. The molecule has 7 heteroatoms. The van der Waals surface area contributed by atoms with Gasteiger partial charge in [-0.25, -0.2) is 14.4 Å². The number of nitrogens with zero attached hydrogens (tertiary/aromatic N) is 4. The van der Waals surface area contributed by atoms with Gasteiger partial charge in [0.2, 0.25) is 0 Å². The van der Waals surface area contributed by atoms with E-state index in [2.05, 4.69) is 15.0 Å². The van der Waals surface area contributed by atoms with Crippen LogP contribution in [0.15, 0.2) is 66.0 Å². The number of hydrogen-bond acceptors (Lipinski definition) is 3. The standard InChI is InChI=1S/C26H24FN5O/c1-15-9-20(12-21(27)10-15)18(4)32-8-7-22-24(26(32)33)30-25(29-22)19-5-6-23(16(2)11-19)31-13-17(3)28-14-31/h5-14,18H,1-4H3,(H,29,30). The molecule has 3 heterocycles. The number of hydrogen-bond donors (Lipinski definition) is 1. The van der Waals surface area contributed by atoms with Crippen molar-refractivity contribution in [3.63, 3.8) is 0 Å². The molecule has 1 N–H and O–H groups in total. The zero-order chi connectivity index (χ0) is 23.3. The van der Waals surface area contributed by atoms with Crippen LogP contribution in [0.25, 0.3) is 28.1 Å². The number of nitrogens with one attached hydrogen (secondary N) is 1. The molecule has 1 unspecified atom stereocenters. The smallest absolute Gasteiger partial charge is 0.279 e. The molecule has 0 fully saturated rings. The number of H-pyrrole nitrogens is 1. The van der Waals surface area contributed by atoms with Crippen LogP contribution in [0.1, 0.15) is 35.3 Å². The fraction of sp³-hybridized carbons (Fsp3) is 0.192. The van der Waals surface area contributed by atoms with E-state index in [-0.39, 0.29) is 17.4 Å². The van der Waals surface area contributed by atoms with Crippen molar-refractivity contribution in [2.75, 3.05) is 0 Å². The molecule has 33 heavy (non-hydrogen) atoms. The molecule has 2 aromatic carbocycles. The van der Waals surface area contributed by atoms with E-state index in [1.807, 2.05) is 68.8 Å². The van der Waals surface area contributed by atoms with E-state index < -0.39 is 0 Å². The van der Waals surface area contributed by atoms with Gasteiger partial charge >= 0.3 is 0 Å². The van der Waals surface area contributed by atoms with Crippen molar-refractivity contribution in [1.29, 1.82) is 0 Å².